The van der Waals surface area contributed by atoms with Crippen LogP contribution >= 0.6 is 11.3 Å². The lowest BCUT2D eigenvalue weighted by molar-refractivity contribution is -0.121. The van der Waals surface area contributed by atoms with Gasteiger partial charge in [0.25, 0.3) is 5.91 Å². The molecule has 1 atom stereocenters. The quantitative estimate of drug-likeness (QED) is 0.842. The van der Waals surface area contributed by atoms with Crippen molar-refractivity contribution in [3.63, 3.8) is 0 Å². The molecule has 2 N–H and O–H groups in total. The van der Waals surface area contributed by atoms with Gasteiger partial charge in [0.2, 0.25) is 5.91 Å². The van der Waals surface area contributed by atoms with Crippen molar-refractivity contribution < 1.29 is 9.59 Å². The van der Waals surface area contributed by atoms with Crippen molar-refractivity contribution in [3.05, 3.63) is 15.6 Å². The number of hydrogen-bond donors (Lipinski definition) is 2. The van der Waals surface area contributed by atoms with Crippen LogP contribution in [0.4, 0.5) is 0 Å². The molecule has 0 aromatic carbocycles. The summed E-state index contributed by atoms with van der Waals surface area (Å²) < 4.78 is 0. The maximum atomic E-state index is 12.1. The second kappa shape index (κ2) is 6.77. The molecule has 1 fully saturated rings. The molecule has 120 valence electrons. The maximum absolute atomic E-state index is 12.1. The van der Waals surface area contributed by atoms with Gasteiger partial charge in [-0.15, -0.1) is 11.3 Å². The highest BCUT2D eigenvalue weighted by Gasteiger charge is 2.26. The topological polar surface area (TPSA) is 71.1 Å². The van der Waals surface area contributed by atoms with Crippen LogP contribution in [0.15, 0.2) is 0 Å². The van der Waals surface area contributed by atoms with Crippen molar-refractivity contribution in [1.82, 2.24) is 15.6 Å². The molecule has 2 aliphatic rings. The third-order valence-corrected chi connectivity index (χ3v) is 5.34. The lowest BCUT2D eigenvalue weighted by Gasteiger charge is -2.22. The average Bonchev–Trinajstić information content (AvgIpc) is 3.22. The van der Waals surface area contributed by atoms with E-state index >= 15 is 0 Å². The summed E-state index contributed by atoms with van der Waals surface area (Å²) in [6.07, 6.45) is 6.48. The molecule has 1 saturated carbocycles. The highest BCUT2D eigenvalue weighted by Crippen LogP contribution is 2.29. The summed E-state index contributed by atoms with van der Waals surface area (Å²) in [5.41, 5.74) is 1.04. The van der Waals surface area contributed by atoms with Crippen LogP contribution in [0.25, 0.3) is 0 Å². The molecular formula is C16H23N3O2S. The number of carbonyl (C=O) groups is 2. The number of carbonyl (C=O) groups excluding carboxylic acids is 2. The molecule has 2 amide bonds. The average molecular weight is 321 g/mol. The lowest BCUT2D eigenvalue weighted by atomic mass is 9.97. The zero-order chi connectivity index (χ0) is 15.5. The molecule has 0 spiro atoms. The Bertz CT molecular complexity index is 566. The van der Waals surface area contributed by atoms with Gasteiger partial charge in [-0.25, -0.2) is 4.98 Å². The largest absolute Gasteiger partial charge is 0.353 e. The van der Waals surface area contributed by atoms with Gasteiger partial charge >= 0.3 is 0 Å². The van der Waals surface area contributed by atoms with E-state index in [-0.39, 0.29) is 17.9 Å². The van der Waals surface area contributed by atoms with E-state index in [1.165, 1.54) is 24.2 Å². The number of nitrogens with zero attached hydrogens (tertiary/aromatic N) is 1. The van der Waals surface area contributed by atoms with Crippen molar-refractivity contribution >= 4 is 23.2 Å². The van der Waals surface area contributed by atoms with E-state index in [0.29, 0.717) is 17.3 Å². The number of fused-ring (bicyclic) bond motifs is 1. The minimum Gasteiger partial charge on any atom is -0.353 e. The van der Waals surface area contributed by atoms with Gasteiger partial charge in [-0.3, -0.25) is 9.59 Å². The van der Waals surface area contributed by atoms with E-state index in [4.69, 9.17) is 0 Å². The molecule has 0 aliphatic heterocycles. The molecule has 0 radical (unpaired) electrons. The summed E-state index contributed by atoms with van der Waals surface area (Å²) >= 11 is 1.49. The zero-order valence-corrected chi connectivity index (χ0v) is 13.8. The molecule has 6 heteroatoms. The summed E-state index contributed by atoms with van der Waals surface area (Å²) in [6, 6.07) is 0.189. The van der Waals surface area contributed by atoms with E-state index < -0.39 is 0 Å². The molecule has 3 rings (SSSR count). The molecule has 1 heterocycles. The second-order valence-electron chi connectivity index (χ2n) is 6.30. The Kier molecular flexibility index (Phi) is 4.76. The van der Waals surface area contributed by atoms with Crippen molar-refractivity contribution in [1.29, 1.82) is 0 Å². The highest BCUT2D eigenvalue weighted by molar-refractivity contribution is 7.13. The van der Waals surface area contributed by atoms with Crippen LogP contribution in [0.1, 0.15) is 59.4 Å². The Balaban J connectivity index is 1.57. The van der Waals surface area contributed by atoms with E-state index in [1.807, 2.05) is 6.92 Å². The van der Waals surface area contributed by atoms with Crippen LogP contribution in [-0.2, 0) is 17.6 Å². The predicted octanol–water partition coefficient (Wildman–Crippen LogP) is 2.06. The molecule has 1 aromatic rings. The molecule has 5 nitrogen and oxygen atoms in total. The fraction of sp³-hybridized carbons (Fsp3) is 0.688. The molecular weight excluding hydrogens is 298 g/mol. The van der Waals surface area contributed by atoms with E-state index in [0.717, 1.165) is 42.8 Å². The summed E-state index contributed by atoms with van der Waals surface area (Å²) in [6.45, 7) is 2.78. The summed E-state index contributed by atoms with van der Waals surface area (Å²) in [5.74, 6) is 0.762. The Morgan fingerprint density at radius 3 is 2.86 bits per heavy atom. The number of aromatic nitrogens is 1. The number of rotatable bonds is 6. The van der Waals surface area contributed by atoms with Gasteiger partial charge in [0.15, 0.2) is 5.01 Å². The SMILES string of the molecule is CCCC(=O)NC1CCc2nc(C(=O)NCC3CC3)sc2C1. The summed E-state index contributed by atoms with van der Waals surface area (Å²) in [5, 5.41) is 6.63. The number of thiazole rings is 1. The fourth-order valence-corrected chi connectivity index (χ4v) is 3.86. The number of hydrogen-bond acceptors (Lipinski definition) is 4. The number of amides is 2. The lowest BCUT2D eigenvalue weighted by Crippen LogP contribution is -2.38. The predicted molar refractivity (Wildman–Crippen MR) is 86.0 cm³/mol. The van der Waals surface area contributed by atoms with Crippen LogP contribution in [0.5, 0.6) is 0 Å². The van der Waals surface area contributed by atoms with Crippen molar-refractivity contribution in [2.24, 2.45) is 5.92 Å². The third-order valence-electron chi connectivity index (χ3n) is 4.22. The monoisotopic (exact) mass is 321 g/mol. The first kappa shape index (κ1) is 15.5. The molecule has 0 bridgehead atoms. The smallest absolute Gasteiger partial charge is 0.280 e. The summed E-state index contributed by atoms with van der Waals surface area (Å²) in [7, 11) is 0. The zero-order valence-electron chi connectivity index (χ0n) is 13.0. The molecule has 22 heavy (non-hydrogen) atoms. The Morgan fingerprint density at radius 1 is 1.32 bits per heavy atom. The van der Waals surface area contributed by atoms with E-state index in [9.17, 15) is 9.59 Å². The number of aryl methyl sites for hydroxylation is 1. The minimum atomic E-state index is -0.0436. The summed E-state index contributed by atoms with van der Waals surface area (Å²) in [4.78, 5) is 29.5. The Morgan fingerprint density at radius 2 is 2.14 bits per heavy atom. The maximum Gasteiger partial charge on any atom is 0.280 e. The van der Waals surface area contributed by atoms with Crippen LogP contribution < -0.4 is 10.6 Å². The van der Waals surface area contributed by atoms with Crippen LogP contribution in [0.2, 0.25) is 0 Å². The van der Waals surface area contributed by atoms with E-state index in [2.05, 4.69) is 15.6 Å². The molecule has 2 aliphatic carbocycles. The van der Waals surface area contributed by atoms with Crippen molar-refractivity contribution in [2.45, 2.75) is 57.9 Å². The van der Waals surface area contributed by atoms with Gasteiger partial charge in [-0.05, 0) is 38.0 Å². The Labute approximate surface area is 134 Å². The van der Waals surface area contributed by atoms with Gasteiger partial charge in [-0.1, -0.05) is 6.92 Å². The van der Waals surface area contributed by atoms with E-state index in [1.54, 1.807) is 0 Å². The van der Waals surface area contributed by atoms with Crippen LogP contribution in [0.3, 0.4) is 0 Å². The Hall–Kier alpha value is -1.43. The fourth-order valence-electron chi connectivity index (χ4n) is 2.76. The normalized spacial score (nSPS) is 20.3. The van der Waals surface area contributed by atoms with Crippen LogP contribution in [-0.4, -0.2) is 29.4 Å². The minimum absolute atomic E-state index is 0.0436. The number of nitrogens with one attached hydrogen (secondary N) is 2. The van der Waals surface area contributed by atoms with Crippen molar-refractivity contribution in [3.8, 4) is 0 Å². The molecule has 0 saturated heterocycles. The van der Waals surface area contributed by atoms with Crippen molar-refractivity contribution in [2.75, 3.05) is 6.54 Å². The van der Waals surface area contributed by atoms with Crippen LogP contribution in [0, 0.1) is 5.92 Å². The molecule has 1 aromatic heterocycles. The van der Waals surface area contributed by atoms with Gasteiger partial charge in [-0.2, -0.15) is 0 Å². The third kappa shape index (κ3) is 3.85. The molecule has 1 unspecified atom stereocenters. The highest BCUT2D eigenvalue weighted by atomic mass is 32.1. The van der Waals surface area contributed by atoms with Gasteiger partial charge < -0.3 is 10.6 Å². The standard InChI is InChI=1S/C16H23N3O2S/c1-2-3-14(20)18-11-6-7-12-13(8-11)22-16(19-12)15(21)17-9-10-4-5-10/h10-11H,2-9H2,1H3,(H,17,21)(H,18,20). The van der Waals surface area contributed by atoms with Gasteiger partial charge in [0, 0.05) is 30.3 Å². The first-order chi connectivity index (χ1) is 10.7. The first-order valence-corrected chi connectivity index (χ1v) is 9.03. The van der Waals surface area contributed by atoms with Gasteiger partial charge in [0.1, 0.15) is 0 Å². The second-order valence-corrected chi connectivity index (χ2v) is 7.38. The van der Waals surface area contributed by atoms with Gasteiger partial charge in [0.05, 0.1) is 5.69 Å². The first-order valence-electron chi connectivity index (χ1n) is 8.21.